The number of fused-ring (bicyclic) bond motifs is 1. The van der Waals surface area contributed by atoms with Crippen molar-refractivity contribution in [1.82, 2.24) is 19.4 Å². The molecule has 2 aromatic heterocycles. The Morgan fingerprint density at radius 2 is 2.03 bits per heavy atom. The number of rotatable bonds is 5. The number of nitrogens with zero attached hydrogens (tertiary/aromatic N) is 4. The van der Waals surface area contributed by atoms with E-state index < -0.39 is 11.7 Å². The van der Waals surface area contributed by atoms with E-state index in [4.69, 9.17) is 32.9 Å². The number of pyridine rings is 1. The van der Waals surface area contributed by atoms with Gasteiger partial charge in [-0.15, -0.1) is 11.6 Å². The Kier molecular flexibility index (Phi) is 7.33. The van der Waals surface area contributed by atoms with E-state index in [2.05, 4.69) is 10.2 Å². The standard InChI is InChI=1S/C25H31Cl2N5O3/c1-25(2,3)35-24(34)28-17-9-7-11-31(15-17)23-29-20-12-18(13-26)30(4)22(33)21(20)32(23)14-16-8-5-6-10-19(16)27/h5-6,8,10,12,17H,7,9,11,13-15H2,1-4H3,(H,28,34)/t17-/m1/s1. The number of carbonyl (C=O) groups excluding carboxylic acids is 1. The molecule has 1 aromatic carbocycles. The van der Waals surface area contributed by atoms with Crippen molar-refractivity contribution in [2.24, 2.45) is 7.05 Å². The van der Waals surface area contributed by atoms with Gasteiger partial charge in [-0.3, -0.25) is 4.79 Å². The van der Waals surface area contributed by atoms with Crippen molar-refractivity contribution < 1.29 is 9.53 Å². The molecule has 0 spiro atoms. The Morgan fingerprint density at radius 1 is 1.29 bits per heavy atom. The Balaban J connectivity index is 1.73. The van der Waals surface area contributed by atoms with Gasteiger partial charge in [-0.1, -0.05) is 29.8 Å². The highest BCUT2D eigenvalue weighted by atomic mass is 35.5. The second-order valence-corrected chi connectivity index (χ2v) is 10.6. The Labute approximate surface area is 214 Å². The fourth-order valence-electron chi connectivity index (χ4n) is 4.40. The maximum atomic E-state index is 13.4. The van der Waals surface area contributed by atoms with Gasteiger partial charge in [0.05, 0.1) is 17.9 Å². The minimum atomic E-state index is -0.568. The Bertz CT molecular complexity index is 1290. The van der Waals surface area contributed by atoms with Gasteiger partial charge in [0.2, 0.25) is 5.95 Å². The smallest absolute Gasteiger partial charge is 0.407 e. The van der Waals surface area contributed by atoms with Gasteiger partial charge in [0.15, 0.2) is 0 Å². The third-order valence-corrected chi connectivity index (χ3v) is 6.71. The zero-order valence-corrected chi connectivity index (χ0v) is 22.0. The molecule has 0 unspecified atom stereocenters. The summed E-state index contributed by atoms with van der Waals surface area (Å²) in [7, 11) is 1.72. The highest BCUT2D eigenvalue weighted by molar-refractivity contribution is 6.31. The van der Waals surface area contributed by atoms with E-state index >= 15 is 0 Å². The first-order valence-corrected chi connectivity index (χ1v) is 12.6. The topological polar surface area (TPSA) is 81.4 Å². The van der Waals surface area contributed by atoms with Crippen LogP contribution in [0, 0.1) is 0 Å². The molecular weight excluding hydrogens is 489 g/mol. The molecule has 1 aliphatic rings. The number of ether oxygens (including phenoxy) is 1. The lowest BCUT2D eigenvalue weighted by Gasteiger charge is -2.34. The maximum absolute atomic E-state index is 13.4. The number of imidazole rings is 1. The third-order valence-electron chi connectivity index (χ3n) is 6.06. The van der Waals surface area contributed by atoms with Crippen molar-refractivity contribution in [3.63, 3.8) is 0 Å². The molecule has 3 aromatic rings. The van der Waals surface area contributed by atoms with Crippen LogP contribution < -0.4 is 15.8 Å². The molecule has 1 amide bonds. The van der Waals surface area contributed by atoms with Gasteiger partial charge in [-0.2, -0.15) is 0 Å². The fourth-order valence-corrected chi connectivity index (χ4v) is 4.85. The minimum Gasteiger partial charge on any atom is -0.444 e. The number of carbonyl (C=O) groups is 1. The summed E-state index contributed by atoms with van der Waals surface area (Å²) in [6.45, 7) is 7.21. The lowest BCUT2D eigenvalue weighted by atomic mass is 10.1. The van der Waals surface area contributed by atoms with Crippen LogP contribution in [-0.4, -0.2) is 44.9 Å². The van der Waals surface area contributed by atoms with Crippen LogP contribution in [0.3, 0.4) is 0 Å². The van der Waals surface area contributed by atoms with Crippen molar-refractivity contribution in [2.75, 3.05) is 18.0 Å². The molecule has 35 heavy (non-hydrogen) atoms. The largest absolute Gasteiger partial charge is 0.444 e. The molecule has 1 fully saturated rings. The van der Waals surface area contributed by atoms with Gasteiger partial charge >= 0.3 is 6.09 Å². The van der Waals surface area contributed by atoms with E-state index in [1.165, 1.54) is 0 Å². The van der Waals surface area contributed by atoms with Crippen LogP contribution in [0.25, 0.3) is 11.0 Å². The van der Waals surface area contributed by atoms with Gasteiger partial charge in [0.1, 0.15) is 11.1 Å². The highest BCUT2D eigenvalue weighted by Crippen LogP contribution is 2.27. The molecule has 1 aliphatic heterocycles. The van der Waals surface area contributed by atoms with E-state index in [-0.39, 0.29) is 17.5 Å². The van der Waals surface area contributed by atoms with Gasteiger partial charge in [0.25, 0.3) is 5.56 Å². The number of nitrogens with one attached hydrogen (secondary N) is 1. The summed E-state index contributed by atoms with van der Waals surface area (Å²) in [5.41, 5.74) is 1.94. The van der Waals surface area contributed by atoms with Gasteiger partial charge < -0.3 is 24.1 Å². The van der Waals surface area contributed by atoms with Crippen LogP contribution in [0.4, 0.5) is 10.7 Å². The fraction of sp³-hybridized carbons (Fsp3) is 0.480. The number of alkyl halides is 1. The van der Waals surface area contributed by atoms with Crippen LogP contribution >= 0.6 is 23.2 Å². The molecule has 0 radical (unpaired) electrons. The van der Waals surface area contributed by atoms with Gasteiger partial charge in [-0.25, -0.2) is 9.78 Å². The molecule has 0 bridgehead atoms. The maximum Gasteiger partial charge on any atom is 0.407 e. The molecule has 1 saturated heterocycles. The normalized spacial score (nSPS) is 16.5. The van der Waals surface area contributed by atoms with E-state index in [0.717, 1.165) is 24.9 Å². The van der Waals surface area contributed by atoms with Crippen LogP contribution in [0.2, 0.25) is 5.02 Å². The number of alkyl carbamates (subject to hydrolysis) is 1. The monoisotopic (exact) mass is 519 g/mol. The second-order valence-electron chi connectivity index (χ2n) is 9.89. The summed E-state index contributed by atoms with van der Waals surface area (Å²) in [5.74, 6) is 0.874. The number of piperidine rings is 1. The Morgan fingerprint density at radius 3 is 2.71 bits per heavy atom. The SMILES string of the molecule is Cn1c(CCl)cc2nc(N3CCC[C@@H](NC(=O)OC(C)(C)C)C3)n(Cc3ccccc3Cl)c2c1=O. The molecule has 0 saturated carbocycles. The van der Waals surface area contributed by atoms with E-state index in [0.29, 0.717) is 40.8 Å². The molecule has 1 atom stereocenters. The lowest BCUT2D eigenvalue weighted by Crippen LogP contribution is -2.49. The van der Waals surface area contributed by atoms with Crippen molar-refractivity contribution >= 4 is 46.3 Å². The third kappa shape index (κ3) is 5.59. The Hall–Kier alpha value is -2.71. The predicted molar refractivity (Wildman–Crippen MR) is 140 cm³/mol. The predicted octanol–water partition coefficient (Wildman–Crippen LogP) is 4.67. The van der Waals surface area contributed by atoms with Gasteiger partial charge in [0, 0.05) is 36.9 Å². The summed E-state index contributed by atoms with van der Waals surface area (Å²) in [6, 6.07) is 9.33. The second kappa shape index (κ2) is 10.1. The van der Waals surface area contributed by atoms with Crippen LogP contribution in [-0.2, 0) is 24.2 Å². The van der Waals surface area contributed by atoms with E-state index in [9.17, 15) is 9.59 Å². The summed E-state index contributed by atoms with van der Waals surface area (Å²) >= 11 is 12.6. The van der Waals surface area contributed by atoms with Gasteiger partial charge in [-0.05, 0) is 51.3 Å². The summed E-state index contributed by atoms with van der Waals surface area (Å²) in [6.07, 6.45) is 1.26. The number of hydrogen-bond donors (Lipinski definition) is 1. The van der Waals surface area contributed by atoms with E-state index in [1.54, 1.807) is 11.6 Å². The molecular formula is C25H31Cl2N5O3. The van der Waals surface area contributed by atoms with Crippen LogP contribution in [0.5, 0.6) is 0 Å². The lowest BCUT2D eigenvalue weighted by molar-refractivity contribution is 0.0500. The number of hydrogen-bond acceptors (Lipinski definition) is 5. The number of benzene rings is 1. The average Bonchev–Trinajstić information content (AvgIpc) is 3.15. The minimum absolute atomic E-state index is 0.103. The number of aromatic nitrogens is 3. The van der Waals surface area contributed by atoms with Crippen LogP contribution in [0.15, 0.2) is 35.1 Å². The van der Waals surface area contributed by atoms with Crippen molar-refractivity contribution in [3.8, 4) is 0 Å². The first-order valence-electron chi connectivity index (χ1n) is 11.7. The van der Waals surface area contributed by atoms with Crippen molar-refractivity contribution in [2.45, 2.75) is 57.7 Å². The van der Waals surface area contributed by atoms with Crippen molar-refractivity contribution in [3.05, 3.63) is 57.0 Å². The van der Waals surface area contributed by atoms with Crippen molar-refractivity contribution in [1.29, 1.82) is 0 Å². The molecule has 0 aliphatic carbocycles. The number of halogens is 2. The molecule has 1 N–H and O–H groups in total. The number of amides is 1. The molecule has 8 nitrogen and oxygen atoms in total. The van der Waals surface area contributed by atoms with E-state index in [1.807, 2.05) is 55.7 Å². The highest BCUT2D eigenvalue weighted by Gasteiger charge is 2.28. The summed E-state index contributed by atoms with van der Waals surface area (Å²) in [5, 5.41) is 3.60. The summed E-state index contributed by atoms with van der Waals surface area (Å²) in [4.78, 5) is 32.7. The molecule has 10 heteroatoms. The first kappa shape index (κ1) is 25.4. The molecule has 4 rings (SSSR count). The first-order chi connectivity index (χ1) is 16.6. The molecule has 188 valence electrons. The van der Waals surface area contributed by atoms with Crippen LogP contribution in [0.1, 0.15) is 44.9 Å². The average molecular weight is 520 g/mol. The summed E-state index contributed by atoms with van der Waals surface area (Å²) < 4.78 is 8.92. The number of anilines is 1. The quantitative estimate of drug-likeness (QED) is 0.495. The molecule has 3 heterocycles. The zero-order valence-electron chi connectivity index (χ0n) is 20.5. The zero-order chi connectivity index (χ0) is 25.3.